The molecule has 4 aromatic rings. The molecule has 6 heterocycles. The van der Waals surface area contributed by atoms with Gasteiger partial charge in [-0.3, -0.25) is 9.09 Å². The first-order valence-electron chi connectivity index (χ1n) is 15.1. The molecule has 6 N–H and O–H groups in total. The molecule has 2 aliphatic heterocycles. The van der Waals surface area contributed by atoms with Crippen LogP contribution in [0.15, 0.2) is 25.2 Å². The van der Waals surface area contributed by atoms with Gasteiger partial charge in [0, 0.05) is 17.5 Å². The van der Waals surface area contributed by atoms with Crippen LogP contribution in [0.25, 0.3) is 22.2 Å². The maximum absolute atomic E-state index is 11.7. The van der Waals surface area contributed by atoms with Crippen LogP contribution in [0.3, 0.4) is 0 Å². The van der Waals surface area contributed by atoms with Crippen molar-refractivity contribution < 1.29 is 42.8 Å². The minimum absolute atomic E-state index is 0.132. The number of anilines is 1. The zero-order valence-corrected chi connectivity index (χ0v) is 28.0. The molecule has 0 amide bonds. The van der Waals surface area contributed by atoms with E-state index in [0.717, 1.165) is 42.3 Å². The van der Waals surface area contributed by atoms with Gasteiger partial charge < -0.3 is 48.6 Å². The van der Waals surface area contributed by atoms with E-state index in [4.69, 9.17) is 52.2 Å². The number of rotatable bonds is 2. The van der Waals surface area contributed by atoms with Gasteiger partial charge in [-0.2, -0.15) is 0 Å². The van der Waals surface area contributed by atoms with Crippen molar-refractivity contribution in [1.82, 2.24) is 34.1 Å². The number of aromatic nitrogens is 7. The minimum Gasteiger partial charge on any atom is -0.388 e. The lowest BCUT2D eigenvalue weighted by atomic mass is 10.1. The second-order valence-electron chi connectivity index (χ2n) is 12.1. The zero-order chi connectivity index (χ0) is 32.7. The van der Waals surface area contributed by atoms with E-state index in [1.165, 1.54) is 23.5 Å². The van der Waals surface area contributed by atoms with E-state index >= 15 is 0 Å². The predicted octanol–water partition coefficient (Wildman–Crippen LogP) is 1.16. The van der Waals surface area contributed by atoms with E-state index < -0.39 is 68.8 Å². The molecule has 21 heteroatoms. The number of fused-ring (bicyclic) bond motifs is 4. The normalized spacial score (nSPS) is 38.0. The highest BCUT2D eigenvalue weighted by atomic mass is 32.5. The summed E-state index contributed by atoms with van der Waals surface area (Å²) in [6, 6.07) is -0.540. The van der Waals surface area contributed by atoms with Crippen molar-refractivity contribution in [3.05, 3.63) is 36.4 Å². The molecule has 10 atom stereocenters. The van der Waals surface area contributed by atoms with E-state index in [-0.39, 0.29) is 18.1 Å². The molecule has 4 aromatic heterocycles. The quantitative estimate of drug-likeness (QED) is 0.183. The first-order valence-corrected chi connectivity index (χ1v) is 20.3. The molecule has 4 aliphatic rings. The van der Waals surface area contributed by atoms with Crippen molar-refractivity contribution in [2.75, 3.05) is 18.9 Å². The van der Waals surface area contributed by atoms with Gasteiger partial charge in [-0.1, -0.05) is 0 Å². The van der Waals surface area contributed by atoms with Crippen molar-refractivity contribution in [2.24, 2.45) is 5.92 Å². The Morgan fingerprint density at radius 1 is 0.851 bits per heavy atom. The van der Waals surface area contributed by atoms with E-state index in [0.29, 0.717) is 17.6 Å². The molecule has 3 fully saturated rings. The second-order valence-corrected chi connectivity index (χ2v) is 17.7. The number of ether oxygens (including phenoxy) is 1. The van der Waals surface area contributed by atoms with E-state index in [1.807, 2.05) is 10.8 Å². The van der Waals surface area contributed by atoms with Crippen LogP contribution in [0.5, 0.6) is 0 Å². The van der Waals surface area contributed by atoms with Crippen molar-refractivity contribution in [3.8, 4) is 0 Å². The summed E-state index contributed by atoms with van der Waals surface area (Å²) in [5.41, 5.74) is 9.32. The summed E-state index contributed by atoms with van der Waals surface area (Å²) in [7, 11) is 0. The maximum atomic E-state index is 11.7. The molecule has 8 rings (SSSR count). The molecule has 0 aromatic carbocycles. The molecule has 0 spiro atoms. The fourth-order valence-corrected chi connectivity index (χ4v) is 10.1. The molecule has 2 unspecified atom stereocenters. The van der Waals surface area contributed by atoms with Crippen molar-refractivity contribution in [2.45, 2.75) is 74.9 Å². The largest absolute Gasteiger partial charge is 0.388 e. The first kappa shape index (κ1) is 32.1. The molecule has 1 saturated carbocycles. The molecule has 2 aliphatic carbocycles. The Kier molecular flexibility index (Phi) is 8.24. The number of hydrogen-bond acceptors (Lipinski definition) is 15. The molecule has 17 nitrogen and oxygen atoms in total. The average Bonchev–Trinajstić information content (AvgIpc) is 3.74. The molecule has 47 heavy (non-hydrogen) atoms. The van der Waals surface area contributed by atoms with Gasteiger partial charge in [0.2, 0.25) is 0 Å². The van der Waals surface area contributed by atoms with Crippen molar-refractivity contribution >= 4 is 65.1 Å². The number of aliphatic hydroxyl groups is 2. The van der Waals surface area contributed by atoms with Crippen LogP contribution in [0, 0.1) is 5.92 Å². The monoisotopic (exact) mass is 726 g/mol. The SMILES string of the molecule is Nc1ncnc2c1ncn2[C@@H]1O[C@@H]2COP(O)(=S)O[C@@H]3[C@@H](COP(O)(=S)O[C@@H]1[C@@H]2O)C[C@@H](n1cc2c4c(ncnc41)CCCC2)[C@@H]3O. The van der Waals surface area contributed by atoms with Crippen LogP contribution in [0.2, 0.25) is 0 Å². The fourth-order valence-electron chi connectivity index (χ4n) is 7.12. The summed E-state index contributed by atoms with van der Waals surface area (Å²) in [4.78, 5) is 44.0. The van der Waals surface area contributed by atoms with Crippen molar-refractivity contribution in [3.63, 3.8) is 0 Å². The smallest absolute Gasteiger partial charge is 0.325 e. The van der Waals surface area contributed by atoms with Crippen LogP contribution in [0.4, 0.5) is 5.82 Å². The van der Waals surface area contributed by atoms with E-state index in [2.05, 4.69) is 24.9 Å². The summed E-state index contributed by atoms with van der Waals surface area (Å²) in [5, 5.41) is 23.9. The third-order valence-corrected chi connectivity index (χ3v) is 12.4. The molecule has 2 saturated heterocycles. The number of hydrogen-bond donors (Lipinski definition) is 5. The van der Waals surface area contributed by atoms with Gasteiger partial charge in [0.1, 0.15) is 54.3 Å². The molecule has 0 radical (unpaired) electrons. The molecular formula is C26H32N8O9P2S2. The lowest BCUT2D eigenvalue weighted by molar-refractivity contribution is -0.0548. The first-order chi connectivity index (χ1) is 22.5. The standard InChI is InChI=1S/C26H32N8O9P2S2/c27-23-18-25(31-10-29-23)34(11-32-18)26-22-20(36)16(41-26)8-40-45(38,47)42-21-13(7-39-44(37,46)43-22)5-15(19(21)35)33-6-12-3-1-2-4-14-17(12)24(33)30-9-28-14/h6,9-11,13,15-16,19-22,26,35-36H,1-5,7-8H2,(H,37,46)(H,38,47)(H2,27,29,31)/t13-,15-,16-,19+,20-,21-,22-,26-,44?,45?/m1/s1. The Bertz CT molecular complexity index is 1950. The summed E-state index contributed by atoms with van der Waals surface area (Å²) >= 11 is 10.8. The highest BCUT2D eigenvalue weighted by Crippen LogP contribution is 2.55. The van der Waals surface area contributed by atoms with Gasteiger partial charge in [-0.15, -0.1) is 0 Å². The number of imidazole rings is 1. The van der Waals surface area contributed by atoms with E-state index in [1.54, 1.807) is 0 Å². The Hall–Kier alpha value is -2.09. The van der Waals surface area contributed by atoms with Crippen LogP contribution >= 0.6 is 13.4 Å². The van der Waals surface area contributed by atoms with E-state index in [9.17, 15) is 20.0 Å². The van der Waals surface area contributed by atoms with Gasteiger partial charge in [-0.05, 0) is 61.3 Å². The Morgan fingerprint density at radius 3 is 2.40 bits per heavy atom. The summed E-state index contributed by atoms with van der Waals surface area (Å²) in [5.74, 6) is -0.471. The van der Waals surface area contributed by atoms with Crippen LogP contribution in [-0.4, -0.2) is 97.8 Å². The van der Waals surface area contributed by atoms with Gasteiger partial charge in [0.25, 0.3) is 0 Å². The lowest BCUT2D eigenvalue weighted by Crippen LogP contribution is -2.35. The Labute approximate surface area is 277 Å². The summed E-state index contributed by atoms with van der Waals surface area (Å²) in [6.07, 6.45) is 3.07. The number of nitrogens with zero attached hydrogens (tertiary/aromatic N) is 7. The maximum Gasteiger partial charge on any atom is 0.325 e. The predicted molar refractivity (Wildman–Crippen MR) is 172 cm³/mol. The highest BCUT2D eigenvalue weighted by Gasteiger charge is 2.52. The molecular weight excluding hydrogens is 694 g/mol. The van der Waals surface area contributed by atoms with Crippen LogP contribution in [0.1, 0.15) is 42.8 Å². The number of nitrogen functional groups attached to an aromatic ring is 1. The topological polar surface area (TPSA) is 227 Å². The average molecular weight is 727 g/mol. The minimum atomic E-state index is -4.06. The summed E-state index contributed by atoms with van der Waals surface area (Å²) in [6.45, 7) is -8.72. The van der Waals surface area contributed by atoms with Gasteiger partial charge >= 0.3 is 13.4 Å². The third kappa shape index (κ3) is 5.74. The lowest BCUT2D eigenvalue weighted by Gasteiger charge is -2.29. The van der Waals surface area contributed by atoms with Gasteiger partial charge in [-0.25, -0.2) is 24.9 Å². The van der Waals surface area contributed by atoms with Crippen LogP contribution in [-0.2, 0) is 59.3 Å². The number of aryl methyl sites for hydroxylation is 2. The molecule has 252 valence electrons. The second kappa shape index (κ2) is 12.1. The Balaban J connectivity index is 1.11. The van der Waals surface area contributed by atoms with Gasteiger partial charge in [0.15, 0.2) is 17.7 Å². The molecule has 2 bridgehead atoms. The summed E-state index contributed by atoms with van der Waals surface area (Å²) < 4.78 is 32.9. The number of nitrogens with two attached hydrogens (primary N) is 1. The third-order valence-electron chi connectivity index (χ3n) is 9.31. The zero-order valence-electron chi connectivity index (χ0n) is 24.6. The fraction of sp³-hybridized carbons (Fsp3) is 0.577. The van der Waals surface area contributed by atoms with Crippen LogP contribution < -0.4 is 5.73 Å². The number of aliphatic hydroxyl groups excluding tert-OH is 2. The van der Waals surface area contributed by atoms with Crippen molar-refractivity contribution in [1.29, 1.82) is 0 Å². The van der Waals surface area contributed by atoms with Gasteiger partial charge in [0.05, 0.1) is 31.3 Å². The highest BCUT2D eigenvalue weighted by molar-refractivity contribution is 8.07. The Morgan fingerprint density at radius 2 is 1.57 bits per heavy atom.